The van der Waals surface area contributed by atoms with E-state index in [9.17, 15) is 4.79 Å². The fourth-order valence-electron chi connectivity index (χ4n) is 2.08. The first kappa shape index (κ1) is 17.7. The van der Waals surface area contributed by atoms with Crippen LogP contribution in [0.4, 0.5) is 5.69 Å². The van der Waals surface area contributed by atoms with Crippen LogP contribution in [-0.4, -0.2) is 25.2 Å². The third-order valence-electron chi connectivity index (χ3n) is 3.25. The highest BCUT2D eigenvalue weighted by Crippen LogP contribution is 2.20. The van der Waals surface area contributed by atoms with Gasteiger partial charge in [0.2, 0.25) is 0 Å². The molecule has 0 heterocycles. The molecule has 1 amide bonds. The minimum atomic E-state index is -0.616. The molecule has 128 valence electrons. The van der Waals surface area contributed by atoms with Gasteiger partial charge in [0.1, 0.15) is 17.2 Å². The van der Waals surface area contributed by atoms with Gasteiger partial charge in [-0.3, -0.25) is 4.79 Å². The number of nitrogens with one attached hydrogen (secondary N) is 1. The highest BCUT2D eigenvalue weighted by atomic mass is 16.5. The second kappa shape index (κ2) is 8.82. The Balaban J connectivity index is 1.89. The van der Waals surface area contributed by atoms with Crippen LogP contribution in [0.2, 0.25) is 0 Å². The van der Waals surface area contributed by atoms with Gasteiger partial charge in [0, 0.05) is 5.69 Å². The average molecular weight is 329 g/mol. The van der Waals surface area contributed by atoms with Gasteiger partial charge in [0.05, 0.1) is 13.2 Å². The number of benzene rings is 2. The number of hydrogen-bond donors (Lipinski definition) is 1. The van der Waals surface area contributed by atoms with Crippen molar-refractivity contribution < 1.29 is 19.0 Å². The summed E-state index contributed by atoms with van der Waals surface area (Å²) in [6.07, 6.45) is -0.616. The monoisotopic (exact) mass is 329 g/mol. The van der Waals surface area contributed by atoms with E-state index < -0.39 is 6.10 Å². The van der Waals surface area contributed by atoms with Crippen molar-refractivity contribution in [3.63, 3.8) is 0 Å². The van der Waals surface area contributed by atoms with Crippen LogP contribution in [0.25, 0.3) is 0 Å². The quantitative estimate of drug-likeness (QED) is 0.798. The van der Waals surface area contributed by atoms with Crippen LogP contribution in [0, 0.1) is 0 Å². The molecule has 1 N–H and O–H groups in total. The van der Waals surface area contributed by atoms with E-state index in [1.54, 1.807) is 31.2 Å². The van der Waals surface area contributed by atoms with Crippen molar-refractivity contribution in [3.8, 4) is 17.2 Å². The molecule has 0 aliphatic rings. The number of carbonyl (C=O) groups is 1. The fourth-order valence-corrected chi connectivity index (χ4v) is 2.08. The van der Waals surface area contributed by atoms with Crippen LogP contribution >= 0.6 is 0 Å². The molecular formula is C19H23NO4. The zero-order valence-electron chi connectivity index (χ0n) is 14.2. The molecule has 0 aliphatic heterocycles. The summed E-state index contributed by atoms with van der Waals surface area (Å²) in [5.74, 6) is 1.95. The first-order valence-corrected chi connectivity index (χ1v) is 8.05. The molecule has 1 atom stereocenters. The molecule has 1 unspecified atom stereocenters. The fraction of sp³-hybridized carbons (Fsp3) is 0.316. The van der Waals surface area contributed by atoms with Crippen molar-refractivity contribution in [1.82, 2.24) is 0 Å². The Morgan fingerprint density at radius 3 is 1.83 bits per heavy atom. The predicted octanol–water partition coefficient (Wildman–Crippen LogP) is 3.89. The maximum absolute atomic E-state index is 12.2. The van der Waals surface area contributed by atoms with E-state index in [0.29, 0.717) is 24.7 Å². The molecule has 0 saturated carbocycles. The van der Waals surface area contributed by atoms with Crippen molar-refractivity contribution >= 4 is 11.6 Å². The van der Waals surface area contributed by atoms with Crippen molar-refractivity contribution in [3.05, 3.63) is 48.5 Å². The molecule has 0 spiro atoms. The summed E-state index contributed by atoms with van der Waals surface area (Å²) in [4.78, 5) is 12.2. The Hall–Kier alpha value is -2.69. The number of hydrogen-bond acceptors (Lipinski definition) is 4. The molecule has 24 heavy (non-hydrogen) atoms. The number of amides is 1. The topological polar surface area (TPSA) is 56.8 Å². The van der Waals surface area contributed by atoms with Crippen LogP contribution in [0.15, 0.2) is 48.5 Å². The largest absolute Gasteiger partial charge is 0.494 e. The number of carbonyl (C=O) groups excluding carboxylic acids is 1. The van der Waals surface area contributed by atoms with Gasteiger partial charge in [0.15, 0.2) is 6.10 Å². The van der Waals surface area contributed by atoms with Gasteiger partial charge >= 0.3 is 0 Å². The molecule has 0 aliphatic carbocycles. The molecule has 5 heteroatoms. The lowest BCUT2D eigenvalue weighted by molar-refractivity contribution is -0.122. The first-order chi connectivity index (χ1) is 11.6. The lowest BCUT2D eigenvalue weighted by Crippen LogP contribution is -2.30. The summed E-state index contributed by atoms with van der Waals surface area (Å²) in [5, 5.41) is 2.82. The molecule has 2 aromatic rings. The zero-order chi connectivity index (χ0) is 17.4. The van der Waals surface area contributed by atoms with Crippen LogP contribution in [0.3, 0.4) is 0 Å². The molecule has 2 rings (SSSR count). The lowest BCUT2D eigenvalue weighted by atomic mass is 10.2. The van der Waals surface area contributed by atoms with Gasteiger partial charge in [-0.15, -0.1) is 0 Å². The standard InChI is InChI=1S/C19H23NO4/c1-4-22-16-8-6-15(7-9-16)20-19(21)14(3)24-18-12-10-17(11-13-18)23-5-2/h6-14H,4-5H2,1-3H3,(H,20,21). The normalized spacial score (nSPS) is 11.5. The van der Waals surface area contributed by atoms with E-state index in [2.05, 4.69) is 5.32 Å². The third-order valence-corrected chi connectivity index (χ3v) is 3.25. The number of anilines is 1. The minimum absolute atomic E-state index is 0.215. The van der Waals surface area contributed by atoms with Crippen molar-refractivity contribution in [1.29, 1.82) is 0 Å². The van der Waals surface area contributed by atoms with Crippen LogP contribution in [-0.2, 0) is 4.79 Å². The van der Waals surface area contributed by atoms with Crippen molar-refractivity contribution in [2.45, 2.75) is 26.9 Å². The van der Waals surface area contributed by atoms with E-state index in [-0.39, 0.29) is 5.91 Å². The predicted molar refractivity (Wildman–Crippen MR) is 93.9 cm³/mol. The van der Waals surface area contributed by atoms with E-state index >= 15 is 0 Å². The number of ether oxygens (including phenoxy) is 3. The molecular weight excluding hydrogens is 306 g/mol. The molecule has 2 aromatic carbocycles. The van der Waals surface area contributed by atoms with Crippen molar-refractivity contribution in [2.24, 2.45) is 0 Å². The average Bonchev–Trinajstić information content (AvgIpc) is 2.59. The van der Waals surface area contributed by atoms with E-state index in [0.717, 1.165) is 11.5 Å². The second-order valence-electron chi connectivity index (χ2n) is 5.11. The highest BCUT2D eigenvalue weighted by Gasteiger charge is 2.15. The molecule has 0 aromatic heterocycles. The van der Waals surface area contributed by atoms with Crippen LogP contribution < -0.4 is 19.5 Å². The second-order valence-corrected chi connectivity index (χ2v) is 5.11. The Bertz CT molecular complexity index is 637. The summed E-state index contributed by atoms with van der Waals surface area (Å²) in [6.45, 7) is 6.79. The van der Waals surface area contributed by atoms with E-state index in [4.69, 9.17) is 14.2 Å². The first-order valence-electron chi connectivity index (χ1n) is 8.05. The van der Waals surface area contributed by atoms with E-state index in [1.165, 1.54) is 0 Å². The summed E-state index contributed by atoms with van der Waals surface area (Å²) in [5.41, 5.74) is 0.700. The van der Waals surface area contributed by atoms with Gasteiger partial charge in [-0.2, -0.15) is 0 Å². The SMILES string of the molecule is CCOc1ccc(NC(=O)C(C)Oc2ccc(OCC)cc2)cc1. The Labute approximate surface area is 142 Å². The zero-order valence-corrected chi connectivity index (χ0v) is 14.2. The Morgan fingerprint density at radius 2 is 1.33 bits per heavy atom. The lowest BCUT2D eigenvalue weighted by Gasteiger charge is -2.15. The maximum atomic E-state index is 12.2. The molecule has 0 bridgehead atoms. The smallest absolute Gasteiger partial charge is 0.265 e. The Kier molecular flexibility index (Phi) is 6.49. The third kappa shape index (κ3) is 5.19. The van der Waals surface area contributed by atoms with Crippen LogP contribution in [0.1, 0.15) is 20.8 Å². The van der Waals surface area contributed by atoms with Crippen molar-refractivity contribution in [2.75, 3.05) is 18.5 Å². The molecule has 0 fully saturated rings. The molecule has 5 nitrogen and oxygen atoms in total. The molecule has 0 saturated heterocycles. The van der Waals surface area contributed by atoms with Gasteiger partial charge < -0.3 is 19.5 Å². The van der Waals surface area contributed by atoms with Gasteiger partial charge in [0.25, 0.3) is 5.91 Å². The number of rotatable bonds is 8. The molecule has 0 radical (unpaired) electrons. The maximum Gasteiger partial charge on any atom is 0.265 e. The van der Waals surface area contributed by atoms with Gasteiger partial charge in [-0.25, -0.2) is 0 Å². The Morgan fingerprint density at radius 1 is 0.875 bits per heavy atom. The summed E-state index contributed by atoms with van der Waals surface area (Å²) >= 11 is 0. The summed E-state index contributed by atoms with van der Waals surface area (Å²) in [7, 11) is 0. The van der Waals surface area contributed by atoms with E-state index in [1.807, 2.05) is 38.1 Å². The van der Waals surface area contributed by atoms with Gasteiger partial charge in [-0.1, -0.05) is 0 Å². The summed E-state index contributed by atoms with van der Waals surface area (Å²) < 4.78 is 16.4. The van der Waals surface area contributed by atoms with Gasteiger partial charge in [-0.05, 0) is 69.3 Å². The highest BCUT2D eigenvalue weighted by molar-refractivity contribution is 5.94. The summed E-state index contributed by atoms with van der Waals surface area (Å²) in [6, 6.07) is 14.4. The minimum Gasteiger partial charge on any atom is -0.494 e. The van der Waals surface area contributed by atoms with Crippen LogP contribution in [0.5, 0.6) is 17.2 Å².